The molecule has 4 fully saturated rings. The molecule has 0 heterocycles. The predicted molar refractivity (Wildman–Crippen MR) is 145 cm³/mol. The molecule has 0 spiro atoms. The van der Waals surface area contributed by atoms with Gasteiger partial charge in [0.1, 0.15) is 12.2 Å². The average Bonchev–Trinajstić information content (AvgIpc) is 3.11. The third kappa shape index (κ3) is 4.12. The summed E-state index contributed by atoms with van der Waals surface area (Å²) in [6.45, 7) is 10.4. The van der Waals surface area contributed by atoms with Crippen LogP contribution in [-0.2, 0) is 19.1 Å². The number of rotatable bonds is 7. The highest BCUT2D eigenvalue weighted by Crippen LogP contribution is 2.73. The molecule has 0 aromatic carbocycles. The monoisotopic (exact) mass is 528 g/mol. The lowest BCUT2D eigenvalue weighted by Gasteiger charge is -2.64. The zero-order chi connectivity index (χ0) is 27.5. The second-order valence-corrected chi connectivity index (χ2v) is 13.9. The van der Waals surface area contributed by atoms with E-state index in [1.165, 1.54) is 6.42 Å². The molecule has 5 rings (SSSR count). The largest absolute Gasteiger partial charge is 0.393 e. The number of allylic oxidation sites excluding steroid dienone is 4. The highest BCUT2D eigenvalue weighted by Gasteiger charge is 2.74. The van der Waals surface area contributed by atoms with E-state index in [9.17, 15) is 19.8 Å². The molecule has 38 heavy (non-hydrogen) atoms. The molecule has 212 valence electrons. The standard InChI is InChI=1S/C32H48O6/c1-20(2)37-19-26(35)32(38-28(36)21-9-7-6-8-10-21)16-15-30(4)24-12-11-22-17-23(33)13-14-29(22,3)27(24)25(34)18-31(30,32)5/h13-14,17,20-21,24-25,27-28,34,36H,6-12,15-16,18-19H2,1-5H3/t24-,25+,27-,28?,29+,30+,31+,32+/m1/s1. The fourth-order valence-corrected chi connectivity index (χ4v) is 9.46. The summed E-state index contributed by atoms with van der Waals surface area (Å²) in [6.07, 6.45) is 12.3. The van der Waals surface area contributed by atoms with Crippen LogP contribution in [0.15, 0.2) is 23.8 Å². The van der Waals surface area contributed by atoms with Gasteiger partial charge in [0.15, 0.2) is 17.9 Å². The molecular weight excluding hydrogens is 480 g/mol. The van der Waals surface area contributed by atoms with Gasteiger partial charge in [-0.15, -0.1) is 0 Å². The molecule has 0 bridgehead atoms. The second kappa shape index (κ2) is 9.94. The van der Waals surface area contributed by atoms with Crippen LogP contribution in [0.4, 0.5) is 0 Å². The number of Topliss-reactive ketones (excluding diaryl/α,β-unsaturated/α-hetero) is 1. The fourth-order valence-electron chi connectivity index (χ4n) is 9.46. The topological polar surface area (TPSA) is 93.1 Å². The number of aliphatic hydroxyl groups is 2. The number of fused-ring (bicyclic) bond motifs is 5. The van der Waals surface area contributed by atoms with E-state index in [0.29, 0.717) is 12.8 Å². The molecule has 0 saturated heterocycles. The lowest BCUT2D eigenvalue weighted by atomic mass is 9.41. The average molecular weight is 529 g/mol. The van der Waals surface area contributed by atoms with Gasteiger partial charge in [-0.1, -0.05) is 51.7 Å². The quantitative estimate of drug-likeness (QED) is 0.436. The first-order valence-electron chi connectivity index (χ1n) is 15.0. The number of hydrogen-bond donors (Lipinski definition) is 2. The van der Waals surface area contributed by atoms with E-state index in [2.05, 4.69) is 20.8 Å². The number of hydrogen-bond acceptors (Lipinski definition) is 6. The van der Waals surface area contributed by atoms with Gasteiger partial charge in [-0.3, -0.25) is 9.59 Å². The van der Waals surface area contributed by atoms with Crippen LogP contribution in [0.1, 0.15) is 98.8 Å². The van der Waals surface area contributed by atoms with Crippen molar-refractivity contribution in [3.05, 3.63) is 23.8 Å². The third-order valence-corrected chi connectivity index (χ3v) is 11.8. The lowest BCUT2D eigenvalue weighted by Crippen LogP contribution is -2.66. The molecule has 6 nitrogen and oxygen atoms in total. The van der Waals surface area contributed by atoms with Crippen LogP contribution in [0.25, 0.3) is 0 Å². The Kier molecular flexibility index (Phi) is 7.37. The Bertz CT molecular complexity index is 1010. The van der Waals surface area contributed by atoms with Crippen LogP contribution in [-0.4, -0.2) is 52.5 Å². The SMILES string of the molecule is CC(C)OCC(=O)[C@@]1(OC(O)C2CCCCC2)CC[C@@]2(C)[C@@H]3CCC4=CC(=O)C=C[C@]4(C)[C@H]3[C@@H](O)C[C@]12C. The van der Waals surface area contributed by atoms with Gasteiger partial charge in [-0.05, 0) is 82.3 Å². The maximum atomic E-state index is 14.2. The van der Waals surface area contributed by atoms with E-state index < -0.39 is 23.4 Å². The van der Waals surface area contributed by atoms with E-state index in [4.69, 9.17) is 9.47 Å². The van der Waals surface area contributed by atoms with Crippen molar-refractivity contribution in [2.75, 3.05) is 6.61 Å². The minimum absolute atomic E-state index is 0.0259. The number of carbonyl (C=O) groups is 2. The molecule has 5 aliphatic rings. The van der Waals surface area contributed by atoms with Crippen molar-refractivity contribution in [2.24, 2.45) is 34.0 Å². The van der Waals surface area contributed by atoms with Crippen molar-refractivity contribution in [3.8, 4) is 0 Å². The summed E-state index contributed by atoms with van der Waals surface area (Å²) >= 11 is 0. The van der Waals surface area contributed by atoms with E-state index >= 15 is 0 Å². The van der Waals surface area contributed by atoms with E-state index in [-0.39, 0.29) is 52.9 Å². The van der Waals surface area contributed by atoms with Crippen LogP contribution in [0.2, 0.25) is 0 Å². The first-order valence-corrected chi connectivity index (χ1v) is 15.0. The Labute approximate surface area is 228 Å². The maximum absolute atomic E-state index is 14.2. The maximum Gasteiger partial charge on any atom is 0.190 e. The van der Waals surface area contributed by atoms with Crippen molar-refractivity contribution in [2.45, 2.75) is 123 Å². The summed E-state index contributed by atoms with van der Waals surface area (Å²) < 4.78 is 12.5. The van der Waals surface area contributed by atoms with Gasteiger partial charge in [0, 0.05) is 22.7 Å². The second-order valence-electron chi connectivity index (χ2n) is 13.9. The summed E-state index contributed by atoms with van der Waals surface area (Å²) in [7, 11) is 0. The molecule has 8 atom stereocenters. The normalized spacial score (nSPS) is 43.8. The van der Waals surface area contributed by atoms with Crippen molar-refractivity contribution < 1.29 is 29.3 Å². The first-order chi connectivity index (χ1) is 17.9. The first kappa shape index (κ1) is 28.2. The van der Waals surface area contributed by atoms with Crippen molar-refractivity contribution >= 4 is 11.6 Å². The zero-order valence-corrected chi connectivity index (χ0v) is 24.0. The van der Waals surface area contributed by atoms with Gasteiger partial charge >= 0.3 is 0 Å². The molecule has 0 radical (unpaired) electrons. The lowest BCUT2D eigenvalue weighted by molar-refractivity contribution is -0.268. The van der Waals surface area contributed by atoms with Gasteiger partial charge < -0.3 is 19.7 Å². The Balaban J connectivity index is 1.53. The summed E-state index contributed by atoms with van der Waals surface area (Å²) in [5.74, 6) is 0.0717. The summed E-state index contributed by atoms with van der Waals surface area (Å²) in [5.41, 5.74) is -1.42. The summed E-state index contributed by atoms with van der Waals surface area (Å²) in [6, 6.07) is 0. The molecule has 2 N–H and O–H groups in total. The summed E-state index contributed by atoms with van der Waals surface area (Å²) in [5, 5.41) is 23.3. The molecular formula is C32H48O6. The van der Waals surface area contributed by atoms with Gasteiger partial charge in [0.2, 0.25) is 0 Å². The van der Waals surface area contributed by atoms with E-state index in [1.54, 1.807) is 12.2 Å². The molecule has 0 aliphatic heterocycles. The van der Waals surface area contributed by atoms with Gasteiger partial charge in [-0.25, -0.2) is 0 Å². The Morgan fingerprint density at radius 1 is 1.11 bits per heavy atom. The molecule has 6 heteroatoms. The molecule has 5 aliphatic carbocycles. The van der Waals surface area contributed by atoms with Gasteiger partial charge in [0.25, 0.3) is 0 Å². The number of ether oxygens (including phenoxy) is 2. The minimum atomic E-state index is -1.21. The van der Waals surface area contributed by atoms with Gasteiger partial charge in [-0.2, -0.15) is 0 Å². The smallest absolute Gasteiger partial charge is 0.190 e. The van der Waals surface area contributed by atoms with Crippen LogP contribution in [0, 0.1) is 34.0 Å². The molecule has 4 saturated carbocycles. The fraction of sp³-hybridized carbons (Fsp3) is 0.812. The van der Waals surface area contributed by atoms with E-state index in [1.807, 2.05) is 19.9 Å². The Morgan fingerprint density at radius 3 is 2.50 bits per heavy atom. The zero-order valence-electron chi connectivity index (χ0n) is 24.0. The third-order valence-electron chi connectivity index (χ3n) is 11.8. The molecule has 1 unspecified atom stereocenters. The summed E-state index contributed by atoms with van der Waals surface area (Å²) in [4.78, 5) is 26.4. The number of ketones is 2. The number of carbonyl (C=O) groups excluding carboxylic acids is 2. The van der Waals surface area contributed by atoms with E-state index in [0.717, 1.165) is 50.5 Å². The molecule has 0 aromatic rings. The van der Waals surface area contributed by atoms with Crippen LogP contribution < -0.4 is 0 Å². The van der Waals surface area contributed by atoms with Crippen molar-refractivity contribution in [3.63, 3.8) is 0 Å². The predicted octanol–water partition coefficient (Wildman–Crippen LogP) is 5.30. The highest BCUT2D eigenvalue weighted by molar-refractivity contribution is 6.01. The van der Waals surface area contributed by atoms with Crippen molar-refractivity contribution in [1.29, 1.82) is 0 Å². The van der Waals surface area contributed by atoms with Crippen molar-refractivity contribution in [1.82, 2.24) is 0 Å². The minimum Gasteiger partial charge on any atom is -0.393 e. The Hall–Kier alpha value is -1.34. The number of aliphatic hydroxyl groups excluding tert-OH is 2. The highest BCUT2D eigenvalue weighted by atomic mass is 16.6. The molecule has 0 amide bonds. The van der Waals surface area contributed by atoms with Crippen LogP contribution in [0.5, 0.6) is 0 Å². The van der Waals surface area contributed by atoms with Gasteiger partial charge in [0.05, 0.1) is 12.2 Å². The Morgan fingerprint density at radius 2 is 1.82 bits per heavy atom. The van der Waals surface area contributed by atoms with Crippen LogP contribution >= 0.6 is 0 Å². The molecule has 0 aromatic heterocycles. The van der Waals surface area contributed by atoms with Crippen LogP contribution in [0.3, 0.4) is 0 Å².